The van der Waals surface area contributed by atoms with E-state index in [2.05, 4.69) is 23.4 Å². The molecule has 0 radical (unpaired) electrons. The van der Waals surface area contributed by atoms with Crippen LogP contribution in [0.4, 0.5) is 0 Å². The second-order valence-electron chi connectivity index (χ2n) is 5.87. The number of hydrazine groups is 1. The molecular weight excluding hydrogens is 250 g/mol. The molecule has 110 valence electrons. The van der Waals surface area contributed by atoms with Crippen LogP contribution in [0.5, 0.6) is 0 Å². The van der Waals surface area contributed by atoms with E-state index in [0.717, 1.165) is 24.6 Å². The first kappa shape index (κ1) is 15.0. The molecule has 1 aliphatic carbocycles. The Morgan fingerprint density at radius 1 is 1.35 bits per heavy atom. The van der Waals surface area contributed by atoms with Gasteiger partial charge in [-0.25, -0.2) is 5.84 Å². The fraction of sp³-hybridized carbons (Fsp3) is 0.562. The van der Waals surface area contributed by atoms with E-state index in [0.29, 0.717) is 5.56 Å². The Labute approximate surface area is 121 Å². The van der Waals surface area contributed by atoms with Gasteiger partial charge in [0.05, 0.1) is 0 Å². The molecule has 0 saturated heterocycles. The Kier molecular flexibility index (Phi) is 5.56. The molecular formula is C16H25N3O. The molecule has 0 aromatic heterocycles. The molecule has 0 bridgehead atoms. The SMILES string of the molecule is CN(Cc1cccc(C(=O)NN)c1)CC1CCCCC1. The molecule has 4 nitrogen and oxygen atoms in total. The molecule has 0 heterocycles. The molecule has 1 aromatic rings. The van der Waals surface area contributed by atoms with Crippen LogP contribution in [0.3, 0.4) is 0 Å². The number of benzene rings is 1. The highest BCUT2D eigenvalue weighted by Crippen LogP contribution is 2.24. The van der Waals surface area contributed by atoms with E-state index in [1.165, 1.54) is 32.1 Å². The lowest BCUT2D eigenvalue weighted by atomic mass is 9.89. The molecule has 1 fully saturated rings. The molecule has 20 heavy (non-hydrogen) atoms. The van der Waals surface area contributed by atoms with Crippen molar-refractivity contribution >= 4 is 5.91 Å². The fourth-order valence-electron chi connectivity index (χ4n) is 3.08. The fourth-order valence-corrected chi connectivity index (χ4v) is 3.08. The first-order valence-corrected chi connectivity index (χ1v) is 7.47. The zero-order chi connectivity index (χ0) is 14.4. The zero-order valence-electron chi connectivity index (χ0n) is 12.3. The molecule has 0 spiro atoms. The van der Waals surface area contributed by atoms with Crippen LogP contribution in [0, 0.1) is 5.92 Å². The Balaban J connectivity index is 1.89. The number of nitrogens with one attached hydrogen (secondary N) is 1. The van der Waals surface area contributed by atoms with Gasteiger partial charge in [-0.3, -0.25) is 10.2 Å². The summed E-state index contributed by atoms with van der Waals surface area (Å²) in [6.07, 6.45) is 6.88. The molecule has 1 aliphatic rings. The van der Waals surface area contributed by atoms with Crippen molar-refractivity contribution < 1.29 is 4.79 Å². The summed E-state index contributed by atoms with van der Waals surface area (Å²) in [5.74, 6) is 5.77. The van der Waals surface area contributed by atoms with Crippen LogP contribution in [0.1, 0.15) is 48.0 Å². The summed E-state index contributed by atoms with van der Waals surface area (Å²) in [6, 6.07) is 7.67. The van der Waals surface area contributed by atoms with Gasteiger partial charge in [0.1, 0.15) is 0 Å². The number of hydrogen-bond donors (Lipinski definition) is 2. The highest BCUT2D eigenvalue weighted by Gasteiger charge is 2.15. The average Bonchev–Trinajstić information content (AvgIpc) is 2.47. The van der Waals surface area contributed by atoms with Gasteiger partial charge < -0.3 is 4.90 Å². The molecule has 3 N–H and O–H groups in total. The smallest absolute Gasteiger partial charge is 0.265 e. The van der Waals surface area contributed by atoms with Crippen LogP contribution >= 0.6 is 0 Å². The van der Waals surface area contributed by atoms with Gasteiger partial charge in [0.2, 0.25) is 0 Å². The zero-order valence-corrected chi connectivity index (χ0v) is 12.3. The van der Waals surface area contributed by atoms with Crippen LogP contribution in [0.2, 0.25) is 0 Å². The lowest BCUT2D eigenvalue weighted by Crippen LogP contribution is -2.30. The van der Waals surface area contributed by atoms with E-state index >= 15 is 0 Å². The molecule has 0 atom stereocenters. The van der Waals surface area contributed by atoms with E-state index in [1.807, 2.05) is 12.1 Å². The normalized spacial score (nSPS) is 16.4. The minimum Gasteiger partial charge on any atom is -0.302 e. The van der Waals surface area contributed by atoms with Crippen molar-refractivity contribution in [2.45, 2.75) is 38.6 Å². The summed E-state index contributed by atoms with van der Waals surface area (Å²) >= 11 is 0. The van der Waals surface area contributed by atoms with E-state index < -0.39 is 0 Å². The van der Waals surface area contributed by atoms with Gasteiger partial charge in [-0.15, -0.1) is 0 Å². The highest BCUT2D eigenvalue weighted by molar-refractivity contribution is 5.93. The van der Waals surface area contributed by atoms with Crippen molar-refractivity contribution in [2.75, 3.05) is 13.6 Å². The number of carbonyl (C=O) groups excluding carboxylic acids is 1. The lowest BCUT2D eigenvalue weighted by molar-refractivity contribution is 0.0953. The summed E-state index contributed by atoms with van der Waals surface area (Å²) in [5.41, 5.74) is 3.95. The number of nitrogen functional groups attached to an aromatic ring is 1. The van der Waals surface area contributed by atoms with Gasteiger partial charge >= 0.3 is 0 Å². The molecule has 0 aliphatic heterocycles. The van der Waals surface area contributed by atoms with Crippen LogP contribution in [-0.2, 0) is 6.54 Å². The maximum atomic E-state index is 11.5. The predicted molar refractivity (Wildman–Crippen MR) is 81.0 cm³/mol. The van der Waals surface area contributed by atoms with Crippen molar-refractivity contribution in [3.63, 3.8) is 0 Å². The number of nitrogens with zero attached hydrogens (tertiary/aromatic N) is 1. The molecule has 1 saturated carbocycles. The number of nitrogens with two attached hydrogens (primary N) is 1. The van der Waals surface area contributed by atoms with Gasteiger partial charge in [0, 0.05) is 18.7 Å². The maximum Gasteiger partial charge on any atom is 0.265 e. The average molecular weight is 275 g/mol. The van der Waals surface area contributed by atoms with Gasteiger partial charge in [0.15, 0.2) is 0 Å². The standard InChI is InChI=1S/C16H25N3O/c1-19(11-13-6-3-2-4-7-13)12-14-8-5-9-15(10-14)16(20)18-17/h5,8-10,13H,2-4,6-7,11-12,17H2,1H3,(H,18,20). The maximum absolute atomic E-state index is 11.5. The Hall–Kier alpha value is -1.39. The number of rotatable bonds is 5. The highest BCUT2D eigenvalue weighted by atomic mass is 16.2. The summed E-state index contributed by atoms with van der Waals surface area (Å²) < 4.78 is 0. The summed E-state index contributed by atoms with van der Waals surface area (Å²) in [7, 11) is 2.16. The molecule has 2 rings (SSSR count). The van der Waals surface area contributed by atoms with E-state index in [9.17, 15) is 4.79 Å². The van der Waals surface area contributed by atoms with Crippen molar-refractivity contribution in [3.8, 4) is 0 Å². The van der Waals surface area contributed by atoms with Gasteiger partial charge in [-0.05, 0) is 43.5 Å². The summed E-state index contributed by atoms with van der Waals surface area (Å²) in [6.45, 7) is 2.02. The first-order chi connectivity index (χ1) is 9.69. The van der Waals surface area contributed by atoms with Crippen LogP contribution in [0.25, 0.3) is 0 Å². The molecule has 4 heteroatoms. The predicted octanol–water partition coefficient (Wildman–Crippen LogP) is 2.30. The number of hydrogen-bond acceptors (Lipinski definition) is 3. The van der Waals surface area contributed by atoms with Crippen LogP contribution in [0.15, 0.2) is 24.3 Å². The van der Waals surface area contributed by atoms with Crippen molar-refractivity contribution in [2.24, 2.45) is 11.8 Å². The van der Waals surface area contributed by atoms with Crippen molar-refractivity contribution in [1.29, 1.82) is 0 Å². The van der Waals surface area contributed by atoms with E-state index in [1.54, 1.807) is 6.07 Å². The second-order valence-corrected chi connectivity index (χ2v) is 5.87. The summed E-state index contributed by atoms with van der Waals surface area (Å²) in [4.78, 5) is 13.9. The molecule has 1 aromatic carbocycles. The van der Waals surface area contributed by atoms with E-state index in [4.69, 9.17) is 5.84 Å². The topological polar surface area (TPSA) is 58.4 Å². The van der Waals surface area contributed by atoms with E-state index in [-0.39, 0.29) is 5.91 Å². The molecule has 1 amide bonds. The number of amides is 1. The summed E-state index contributed by atoms with van der Waals surface area (Å²) in [5, 5.41) is 0. The van der Waals surface area contributed by atoms with Crippen molar-refractivity contribution in [1.82, 2.24) is 10.3 Å². The lowest BCUT2D eigenvalue weighted by Gasteiger charge is -2.27. The van der Waals surface area contributed by atoms with Gasteiger partial charge in [0.25, 0.3) is 5.91 Å². The van der Waals surface area contributed by atoms with Crippen molar-refractivity contribution in [3.05, 3.63) is 35.4 Å². The van der Waals surface area contributed by atoms with Gasteiger partial charge in [-0.1, -0.05) is 31.4 Å². The third-order valence-electron chi connectivity index (χ3n) is 4.07. The monoisotopic (exact) mass is 275 g/mol. The third-order valence-corrected chi connectivity index (χ3v) is 4.07. The Bertz CT molecular complexity index is 441. The second kappa shape index (κ2) is 7.41. The quantitative estimate of drug-likeness (QED) is 0.492. The van der Waals surface area contributed by atoms with Gasteiger partial charge in [-0.2, -0.15) is 0 Å². The molecule has 0 unspecified atom stereocenters. The first-order valence-electron chi connectivity index (χ1n) is 7.47. The Morgan fingerprint density at radius 2 is 2.10 bits per heavy atom. The minimum atomic E-state index is -0.234. The largest absolute Gasteiger partial charge is 0.302 e. The third kappa shape index (κ3) is 4.32. The van der Waals surface area contributed by atoms with Crippen LogP contribution in [-0.4, -0.2) is 24.4 Å². The minimum absolute atomic E-state index is 0.234. The number of carbonyl (C=O) groups is 1. The Morgan fingerprint density at radius 3 is 2.80 bits per heavy atom. The van der Waals surface area contributed by atoms with Crippen LogP contribution < -0.4 is 11.3 Å².